The molecule has 6 aromatic heterocycles. The average Bonchev–Trinajstić information content (AvgIpc) is 4.32. The highest BCUT2D eigenvalue weighted by Crippen LogP contribution is 2.36. The van der Waals surface area contributed by atoms with E-state index in [9.17, 15) is 8.42 Å². The van der Waals surface area contributed by atoms with Crippen molar-refractivity contribution in [1.82, 2.24) is 32.5 Å². The number of aryl methyl sites for hydroxylation is 9. The van der Waals surface area contributed by atoms with Gasteiger partial charge in [0.05, 0.1) is 4.90 Å². The van der Waals surface area contributed by atoms with E-state index in [1.54, 1.807) is 28.6 Å². The highest BCUT2D eigenvalue weighted by molar-refractivity contribution is 7.89. The van der Waals surface area contributed by atoms with E-state index in [0.717, 1.165) is 75.6 Å². The van der Waals surface area contributed by atoms with Crippen LogP contribution in [0.4, 0.5) is 0 Å². The summed E-state index contributed by atoms with van der Waals surface area (Å²) in [6, 6.07) is 76.9. The Kier molecular flexibility index (Phi) is 18.1. The molecule has 9 nitrogen and oxygen atoms in total. The van der Waals surface area contributed by atoms with Crippen LogP contribution in [-0.2, 0) is 23.0 Å². The Bertz CT molecular complexity index is 3800. The molecule has 0 saturated carbocycles. The number of aromatic nitrogens is 6. The van der Waals surface area contributed by atoms with Crippen molar-refractivity contribution in [1.29, 1.82) is 0 Å². The van der Waals surface area contributed by atoms with E-state index in [-0.39, 0.29) is 12.5 Å². The molecule has 0 aliphatic heterocycles. The number of hydrogen-bond acceptors (Lipinski definition) is 4. The molecule has 11 aromatic rings. The summed E-state index contributed by atoms with van der Waals surface area (Å²) in [5.41, 5.74) is 16.5. The van der Waals surface area contributed by atoms with E-state index >= 15 is 0 Å². The lowest BCUT2D eigenvalue weighted by atomic mass is 9.86. The van der Waals surface area contributed by atoms with Gasteiger partial charge >= 0.3 is 0 Å². The smallest absolute Gasteiger partial charge is 0.243 e. The van der Waals surface area contributed by atoms with Crippen LogP contribution in [0.15, 0.2) is 229 Å². The molecule has 0 spiro atoms. The first-order valence-electron chi connectivity index (χ1n) is 29.1. The van der Waals surface area contributed by atoms with E-state index in [2.05, 4.69) is 219 Å². The minimum atomic E-state index is -3.76. The summed E-state index contributed by atoms with van der Waals surface area (Å²) >= 11 is 0. The summed E-state index contributed by atoms with van der Waals surface area (Å²) < 4.78 is 38.7. The predicted molar refractivity (Wildman–Crippen MR) is 339 cm³/mol. The van der Waals surface area contributed by atoms with Crippen LogP contribution in [0.5, 0.6) is 0 Å². The van der Waals surface area contributed by atoms with Crippen molar-refractivity contribution in [3.05, 3.63) is 303 Å². The fourth-order valence-electron chi connectivity index (χ4n) is 11.9. The molecule has 0 fully saturated rings. The van der Waals surface area contributed by atoms with Gasteiger partial charge in [-0.1, -0.05) is 146 Å². The molecule has 0 saturated heterocycles. The maximum Gasteiger partial charge on any atom is 0.243 e. The van der Waals surface area contributed by atoms with Crippen molar-refractivity contribution < 1.29 is 8.42 Å². The molecule has 2 atom stereocenters. The van der Waals surface area contributed by atoms with Gasteiger partial charge in [0, 0.05) is 70.5 Å². The number of benzene rings is 5. The molecule has 0 N–H and O–H groups in total. The maximum atomic E-state index is 14.1. The lowest BCUT2D eigenvalue weighted by Gasteiger charge is -2.26. The maximum absolute atomic E-state index is 14.1. The largest absolute Gasteiger partial charge is 0.303 e. The summed E-state index contributed by atoms with van der Waals surface area (Å²) in [6.45, 7) is 17.6. The number of hydrogen-bond donors (Lipinski definition) is 0. The van der Waals surface area contributed by atoms with E-state index in [4.69, 9.17) is 9.97 Å². The molecule has 10 heteroatoms. The van der Waals surface area contributed by atoms with Crippen molar-refractivity contribution >= 4 is 10.0 Å². The minimum Gasteiger partial charge on any atom is -0.303 e. The number of pyridine rings is 2. The quantitative estimate of drug-likeness (QED) is 0.0712. The molecule has 0 aliphatic carbocycles. The molecule has 0 bridgehead atoms. The van der Waals surface area contributed by atoms with E-state index < -0.39 is 10.0 Å². The van der Waals surface area contributed by atoms with Gasteiger partial charge in [0.2, 0.25) is 10.0 Å². The van der Waals surface area contributed by atoms with E-state index in [1.165, 1.54) is 52.3 Å². The van der Waals surface area contributed by atoms with Crippen molar-refractivity contribution in [2.24, 2.45) is 0 Å². The van der Waals surface area contributed by atoms with Gasteiger partial charge in [-0.25, -0.2) is 18.4 Å². The molecule has 6 heterocycles. The topological polar surface area (TPSA) is 82.9 Å². The monoisotopic (exact) mass is 1120 g/mol. The minimum absolute atomic E-state index is 0.0849. The Hall–Kier alpha value is -8.57. The molecule has 422 valence electrons. The zero-order chi connectivity index (χ0) is 58.0. The third kappa shape index (κ3) is 13.4. The Morgan fingerprint density at radius 3 is 1.04 bits per heavy atom. The van der Waals surface area contributed by atoms with Gasteiger partial charge in [-0.05, 0) is 199 Å². The lowest BCUT2D eigenvalue weighted by molar-refractivity contribution is 0.392. The van der Waals surface area contributed by atoms with Crippen LogP contribution in [-0.4, -0.2) is 47.5 Å². The van der Waals surface area contributed by atoms with Gasteiger partial charge in [-0.15, -0.1) is 0 Å². The van der Waals surface area contributed by atoms with Gasteiger partial charge in [-0.2, -0.15) is 4.31 Å². The number of rotatable bonds is 20. The van der Waals surface area contributed by atoms with Crippen molar-refractivity contribution in [3.63, 3.8) is 0 Å². The third-order valence-corrected chi connectivity index (χ3v) is 18.0. The normalized spacial score (nSPS) is 12.3. The average molecular weight is 1120 g/mol. The summed E-state index contributed by atoms with van der Waals surface area (Å²) in [7, 11) is -3.76. The molecule has 5 aromatic carbocycles. The second-order valence-electron chi connectivity index (χ2n) is 22.1. The predicted octanol–water partition coefficient (Wildman–Crippen LogP) is 16.8. The van der Waals surface area contributed by atoms with Crippen LogP contribution in [0.3, 0.4) is 0 Å². The molecule has 2 unspecified atom stereocenters. The molecule has 0 amide bonds. The lowest BCUT2D eigenvalue weighted by Crippen LogP contribution is -2.32. The second kappa shape index (κ2) is 26.1. The summed E-state index contributed by atoms with van der Waals surface area (Å²) in [4.78, 5) is 10.7. The first-order chi connectivity index (χ1) is 40.2. The zero-order valence-electron chi connectivity index (χ0n) is 49.3. The van der Waals surface area contributed by atoms with Crippen LogP contribution in [0.25, 0.3) is 23.3 Å². The summed E-state index contributed by atoms with van der Waals surface area (Å²) in [6.07, 6.45) is 5.17. The first kappa shape index (κ1) is 57.7. The summed E-state index contributed by atoms with van der Waals surface area (Å²) in [5.74, 6) is 3.90. The van der Waals surface area contributed by atoms with Crippen LogP contribution >= 0.6 is 0 Å². The van der Waals surface area contributed by atoms with E-state index in [1.807, 2.05) is 54.6 Å². The number of nitrogens with zero attached hydrogens (tertiary/aromatic N) is 7. The highest BCUT2D eigenvalue weighted by atomic mass is 32.2. The van der Waals surface area contributed by atoms with Gasteiger partial charge in [0.1, 0.15) is 23.3 Å². The van der Waals surface area contributed by atoms with Crippen molar-refractivity contribution in [2.45, 2.75) is 111 Å². The Morgan fingerprint density at radius 2 is 0.675 bits per heavy atom. The van der Waals surface area contributed by atoms with E-state index in [0.29, 0.717) is 23.8 Å². The Labute approximate surface area is 492 Å². The standard InChI is InChI=1S/C39H40N4O2S.C34H37N3/c1-29-20-21-30(2)42(29)38-26-35(27-39(40-38)43-31(3)22-23-32(43)4)37(34-16-10-6-11-17-34)24-25-41(28-33-14-8-5-9-15-33)46(44,45)36-18-12-7-13-19-36;1-25-19-20-26(2)36(25)33-23-31(24-34(35-33)37-27(3)21-22-28(37)4)32(30-16-9-6-10-17-30)18-12-11-15-29-13-7-5-8-14-29/h5-23,26-27,37H,24-25,28H2,1-4H3;5-10,13-14,16-17,19-24,32H,11-12,15,18H2,1-4H3. The van der Waals surface area contributed by atoms with Gasteiger partial charge in [0.15, 0.2) is 0 Å². The second-order valence-corrected chi connectivity index (χ2v) is 24.1. The molecular formula is C73H77N7O2S. The zero-order valence-corrected chi connectivity index (χ0v) is 50.1. The van der Waals surface area contributed by atoms with Gasteiger partial charge < -0.3 is 18.3 Å². The fraction of sp³-hybridized carbons (Fsp3) is 0.233. The molecule has 0 radical (unpaired) electrons. The van der Waals surface area contributed by atoms with Crippen molar-refractivity contribution in [2.75, 3.05) is 6.54 Å². The number of unbranched alkanes of at least 4 members (excludes halogenated alkanes) is 1. The van der Waals surface area contributed by atoms with Crippen LogP contribution in [0.2, 0.25) is 0 Å². The van der Waals surface area contributed by atoms with Crippen molar-refractivity contribution in [3.8, 4) is 23.3 Å². The molecule has 83 heavy (non-hydrogen) atoms. The molecular weight excluding hydrogens is 1040 g/mol. The molecule has 0 aliphatic rings. The Balaban J connectivity index is 0.000000190. The van der Waals surface area contributed by atoms with Crippen LogP contribution < -0.4 is 0 Å². The van der Waals surface area contributed by atoms with Gasteiger partial charge in [-0.3, -0.25) is 0 Å². The SMILES string of the molecule is Cc1ccc(C)n1-c1cc(C(CCCCc2ccccc2)c2ccccc2)cc(-n2c(C)ccc2C)n1.Cc1ccc(C)n1-c1cc(C(CCN(Cc2ccccc2)S(=O)(=O)c2ccccc2)c2ccccc2)cc(-n2c(C)ccc2C)n1. The van der Waals surface area contributed by atoms with Gasteiger partial charge in [0.25, 0.3) is 0 Å². The van der Waals surface area contributed by atoms with Crippen LogP contribution in [0.1, 0.15) is 116 Å². The third-order valence-electron chi connectivity index (χ3n) is 16.2. The first-order valence-corrected chi connectivity index (χ1v) is 30.6. The number of sulfonamides is 1. The van der Waals surface area contributed by atoms with Crippen LogP contribution in [0, 0.1) is 55.4 Å². The fourth-order valence-corrected chi connectivity index (χ4v) is 13.3. The summed E-state index contributed by atoms with van der Waals surface area (Å²) in [5, 5.41) is 0. The highest BCUT2D eigenvalue weighted by Gasteiger charge is 2.28. The molecule has 11 rings (SSSR count). The Morgan fingerprint density at radius 1 is 0.361 bits per heavy atom.